The number of hydrogen-bond donors (Lipinski definition) is 0. The highest BCUT2D eigenvalue weighted by Gasteiger charge is 2.29. The maximum atomic E-state index is 13.6. The third kappa shape index (κ3) is 2.58. The van der Waals surface area contributed by atoms with Crippen LogP contribution in [0, 0.1) is 5.82 Å². The average molecular weight is 356 g/mol. The van der Waals surface area contributed by atoms with Gasteiger partial charge >= 0.3 is 0 Å². The van der Waals surface area contributed by atoms with Crippen molar-refractivity contribution in [3.63, 3.8) is 0 Å². The van der Waals surface area contributed by atoms with Gasteiger partial charge in [0, 0.05) is 20.4 Å². The van der Waals surface area contributed by atoms with E-state index in [0.717, 1.165) is 15.5 Å². The number of halogens is 2. The van der Waals surface area contributed by atoms with Crippen LogP contribution < -0.4 is 4.90 Å². The fourth-order valence-electron chi connectivity index (χ4n) is 2.70. The summed E-state index contributed by atoms with van der Waals surface area (Å²) in [6, 6.07) is 18.8. The summed E-state index contributed by atoms with van der Waals surface area (Å²) < 4.78 is 13.6. The van der Waals surface area contributed by atoms with Crippen molar-refractivity contribution in [2.24, 2.45) is 0 Å². The van der Waals surface area contributed by atoms with Gasteiger partial charge in [-0.05, 0) is 48.5 Å². The first-order chi connectivity index (χ1) is 11.6. The van der Waals surface area contributed by atoms with Crippen LogP contribution >= 0.6 is 23.4 Å². The number of para-hydroxylation sites is 1. The second-order valence-electron chi connectivity index (χ2n) is 5.33. The van der Waals surface area contributed by atoms with E-state index in [4.69, 9.17) is 11.6 Å². The molecule has 0 saturated carbocycles. The highest BCUT2D eigenvalue weighted by Crippen LogP contribution is 2.49. The van der Waals surface area contributed by atoms with Crippen molar-refractivity contribution in [1.82, 2.24) is 0 Å². The molecule has 1 amide bonds. The van der Waals surface area contributed by atoms with Gasteiger partial charge in [0.2, 0.25) is 0 Å². The molecule has 118 valence electrons. The Labute approximate surface area is 147 Å². The Hall–Kier alpha value is -2.30. The van der Waals surface area contributed by atoms with Crippen LogP contribution in [0.15, 0.2) is 76.5 Å². The van der Waals surface area contributed by atoms with Crippen molar-refractivity contribution in [3.05, 3.63) is 83.1 Å². The topological polar surface area (TPSA) is 20.3 Å². The molecule has 4 rings (SSSR count). The van der Waals surface area contributed by atoms with E-state index < -0.39 is 5.82 Å². The number of amides is 1. The second kappa shape index (κ2) is 5.96. The van der Waals surface area contributed by atoms with Crippen LogP contribution in [-0.4, -0.2) is 5.91 Å². The molecule has 5 heteroatoms. The average Bonchev–Trinajstić information content (AvgIpc) is 2.59. The van der Waals surface area contributed by atoms with Crippen molar-refractivity contribution >= 4 is 40.6 Å². The quantitative estimate of drug-likeness (QED) is 0.539. The molecule has 1 aliphatic heterocycles. The van der Waals surface area contributed by atoms with Crippen LogP contribution in [0.1, 0.15) is 10.4 Å². The van der Waals surface area contributed by atoms with Crippen LogP contribution in [0.3, 0.4) is 0 Å². The standard InChI is InChI=1S/C19H11ClFNOS/c20-13-8-9-18-16(11-13)22(15-6-1-2-7-17(15)24-18)19(23)12-4-3-5-14(21)10-12/h1-11H. The van der Waals surface area contributed by atoms with E-state index in [-0.39, 0.29) is 5.91 Å². The smallest absolute Gasteiger partial charge is 0.263 e. The number of carbonyl (C=O) groups is 1. The number of benzene rings is 3. The van der Waals surface area contributed by atoms with Crippen LogP contribution in [0.2, 0.25) is 5.02 Å². The number of nitrogens with zero attached hydrogens (tertiary/aromatic N) is 1. The summed E-state index contributed by atoms with van der Waals surface area (Å²) in [6.07, 6.45) is 0. The van der Waals surface area contributed by atoms with Gasteiger partial charge in [-0.2, -0.15) is 0 Å². The normalized spacial score (nSPS) is 12.5. The minimum atomic E-state index is -0.438. The largest absolute Gasteiger partial charge is 0.275 e. The fourth-order valence-corrected chi connectivity index (χ4v) is 3.90. The van der Waals surface area contributed by atoms with Crippen LogP contribution in [-0.2, 0) is 0 Å². The molecule has 0 atom stereocenters. The molecular weight excluding hydrogens is 345 g/mol. The lowest BCUT2D eigenvalue weighted by Crippen LogP contribution is -2.28. The molecule has 0 radical (unpaired) electrons. The Balaban J connectivity index is 1.91. The van der Waals surface area contributed by atoms with E-state index in [1.807, 2.05) is 30.3 Å². The number of anilines is 2. The number of hydrogen-bond acceptors (Lipinski definition) is 2. The molecule has 24 heavy (non-hydrogen) atoms. The number of rotatable bonds is 1. The predicted octanol–water partition coefficient (Wildman–Crippen LogP) is 5.92. The monoisotopic (exact) mass is 355 g/mol. The lowest BCUT2D eigenvalue weighted by Gasteiger charge is -2.31. The lowest BCUT2D eigenvalue weighted by atomic mass is 10.1. The zero-order chi connectivity index (χ0) is 16.7. The summed E-state index contributed by atoms with van der Waals surface area (Å²) in [4.78, 5) is 16.6. The van der Waals surface area contributed by atoms with Crippen molar-refractivity contribution in [1.29, 1.82) is 0 Å². The van der Waals surface area contributed by atoms with Gasteiger partial charge in [0.1, 0.15) is 5.82 Å². The molecule has 3 aromatic carbocycles. The molecule has 0 saturated heterocycles. The van der Waals surface area contributed by atoms with Gasteiger partial charge in [-0.15, -0.1) is 0 Å². The zero-order valence-electron chi connectivity index (χ0n) is 12.4. The van der Waals surface area contributed by atoms with Crippen molar-refractivity contribution in [2.75, 3.05) is 4.90 Å². The van der Waals surface area contributed by atoms with Gasteiger partial charge < -0.3 is 0 Å². The number of carbonyl (C=O) groups excluding carboxylic acids is 1. The molecule has 0 spiro atoms. The lowest BCUT2D eigenvalue weighted by molar-refractivity contribution is 0.0998. The summed E-state index contributed by atoms with van der Waals surface area (Å²) in [5.74, 6) is -0.724. The Morgan fingerprint density at radius 3 is 2.54 bits per heavy atom. The SMILES string of the molecule is O=C(c1cccc(F)c1)N1c2ccccc2Sc2ccc(Cl)cc21. The molecule has 1 heterocycles. The first-order valence-electron chi connectivity index (χ1n) is 7.30. The van der Waals surface area contributed by atoms with E-state index in [1.165, 1.54) is 18.2 Å². The molecule has 0 N–H and O–H groups in total. The molecular formula is C19H11ClFNOS. The van der Waals surface area contributed by atoms with Crippen molar-refractivity contribution in [3.8, 4) is 0 Å². The van der Waals surface area contributed by atoms with E-state index in [9.17, 15) is 9.18 Å². The molecule has 3 aromatic rings. The predicted molar refractivity (Wildman–Crippen MR) is 94.9 cm³/mol. The van der Waals surface area contributed by atoms with Gasteiger partial charge in [-0.25, -0.2) is 4.39 Å². The molecule has 0 bridgehead atoms. The minimum Gasteiger partial charge on any atom is -0.275 e. The van der Waals surface area contributed by atoms with E-state index >= 15 is 0 Å². The Bertz CT molecular complexity index is 960. The Kier molecular flexibility index (Phi) is 3.79. The molecule has 2 nitrogen and oxygen atoms in total. The molecule has 0 unspecified atom stereocenters. The van der Waals surface area contributed by atoms with E-state index in [2.05, 4.69) is 0 Å². The molecule has 1 aliphatic rings. The summed E-state index contributed by atoms with van der Waals surface area (Å²) in [5, 5.41) is 0.547. The Morgan fingerprint density at radius 1 is 0.917 bits per heavy atom. The summed E-state index contributed by atoms with van der Waals surface area (Å²) in [6.45, 7) is 0. The van der Waals surface area contributed by atoms with Gasteiger partial charge in [0.15, 0.2) is 0 Å². The zero-order valence-corrected chi connectivity index (χ0v) is 13.9. The summed E-state index contributed by atoms with van der Waals surface area (Å²) in [7, 11) is 0. The van der Waals surface area contributed by atoms with Gasteiger partial charge in [-0.1, -0.05) is 41.6 Å². The Morgan fingerprint density at radius 2 is 1.71 bits per heavy atom. The van der Waals surface area contributed by atoms with Crippen molar-refractivity contribution in [2.45, 2.75) is 9.79 Å². The van der Waals surface area contributed by atoms with Crippen LogP contribution in [0.5, 0.6) is 0 Å². The third-order valence-electron chi connectivity index (χ3n) is 3.76. The first-order valence-corrected chi connectivity index (χ1v) is 8.49. The van der Waals surface area contributed by atoms with Gasteiger partial charge in [-0.3, -0.25) is 9.69 Å². The maximum absolute atomic E-state index is 13.6. The fraction of sp³-hybridized carbons (Fsp3) is 0. The van der Waals surface area contributed by atoms with E-state index in [1.54, 1.807) is 34.9 Å². The highest BCUT2D eigenvalue weighted by atomic mass is 35.5. The molecule has 0 fully saturated rings. The second-order valence-corrected chi connectivity index (χ2v) is 6.85. The molecule has 0 aromatic heterocycles. The number of fused-ring (bicyclic) bond motifs is 2. The minimum absolute atomic E-state index is 0.286. The van der Waals surface area contributed by atoms with Crippen LogP contribution in [0.25, 0.3) is 0 Å². The first kappa shape index (κ1) is 15.2. The third-order valence-corrected chi connectivity index (χ3v) is 5.13. The summed E-state index contributed by atoms with van der Waals surface area (Å²) in [5.41, 5.74) is 1.77. The van der Waals surface area contributed by atoms with Crippen molar-refractivity contribution < 1.29 is 9.18 Å². The highest BCUT2D eigenvalue weighted by molar-refractivity contribution is 7.99. The van der Waals surface area contributed by atoms with Gasteiger partial charge in [0.25, 0.3) is 5.91 Å². The summed E-state index contributed by atoms with van der Waals surface area (Å²) >= 11 is 7.72. The van der Waals surface area contributed by atoms with Gasteiger partial charge in [0.05, 0.1) is 11.4 Å². The maximum Gasteiger partial charge on any atom is 0.263 e. The van der Waals surface area contributed by atoms with Crippen LogP contribution in [0.4, 0.5) is 15.8 Å². The molecule has 0 aliphatic carbocycles. The van der Waals surface area contributed by atoms with E-state index in [0.29, 0.717) is 16.3 Å².